The maximum atomic E-state index is 11.8. The Morgan fingerprint density at radius 2 is 1.25 bits per heavy atom. The van der Waals surface area contributed by atoms with E-state index in [0.29, 0.717) is 6.42 Å². The molecule has 3 rings (SSSR count). The average Bonchev–Trinajstić information content (AvgIpc) is 2.76. The van der Waals surface area contributed by atoms with Crippen molar-refractivity contribution in [1.29, 1.82) is 0 Å². The van der Waals surface area contributed by atoms with Crippen molar-refractivity contribution in [3.8, 4) is 0 Å². The molecule has 0 aliphatic rings. The van der Waals surface area contributed by atoms with Gasteiger partial charge in [0, 0.05) is 25.6 Å². The predicted octanol–water partition coefficient (Wildman–Crippen LogP) is 5.38. The fourth-order valence-corrected chi connectivity index (χ4v) is 3.50. The Labute approximate surface area is 167 Å². The summed E-state index contributed by atoms with van der Waals surface area (Å²) in [7, 11) is 1.45. The molecule has 0 amide bonds. The second-order valence-electron chi connectivity index (χ2n) is 6.92. The topological polar surface area (TPSA) is 29.5 Å². The molecule has 0 unspecified atom stereocenters. The number of benzene rings is 3. The van der Waals surface area contributed by atoms with E-state index in [1.807, 2.05) is 18.2 Å². The monoisotopic (exact) mass is 373 g/mol. The quantitative estimate of drug-likeness (QED) is 0.471. The van der Waals surface area contributed by atoms with E-state index in [2.05, 4.69) is 77.7 Å². The van der Waals surface area contributed by atoms with E-state index in [9.17, 15) is 4.79 Å². The lowest BCUT2D eigenvalue weighted by atomic mass is 9.98. The number of hydrogen-bond donors (Lipinski definition) is 0. The van der Waals surface area contributed by atoms with Gasteiger partial charge in [0.2, 0.25) is 0 Å². The molecule has 0 saturated heterocycles. The Hall–Kier alpha value is -2.91. The summed E-state index contributed by atoms with van der Waals surface area (Å²) in [5.41, 5.74) is 3.74. The van der Waals surface area contributed by atoms with E-state index in [0.717, 1.165) is 19.5 Å². The highest BCUT2D eigenvalue weighted by atomic mass is 16.5. The predicted molar refractivity (Wildman–Crippen MR) is 113 cm³/mol. The number of carbonyl (C=O) groups is 1. The van der Waals surface area contributed by atoms with Gasteiger partial charge in [0.1, 0.15) is 0 Å². The van der Waals surface area contributed by atoms with Gasteiger partial charge in [-0.15, -0.1) is 0 Å². The number of ether oxygens (including phenoxy) is 1. The molecule has 0 aliphatic heterocycles. The summed E-state index contributed by atoms with van der Waals surface area (Å²) in [6, 6.07) is 31.5. The van der Waals surface area contributed by atoms with E-state index >= 15 is 0 Å². The van der Waals surface area contributed by atoms with Crippen molar-refractivity contribution in [2.24, 2.45) is 0 Å². The number of methoxy groups -OCH3 is 1. The molecule has 0 saturated carbocycles. The molecule has 3 aromatic rings. The van der Waals surface area contributed by atoms with Gasteiger partial charge in [0.05, 0.1) is 7.11 Å². The number of hydrogen-bond acceptors (Lipinski definition) is 3. The minimum Gasteiger partial charge on any atom is -0.469 e. The Balaban J connectivity index is 1.90. The van der Waals surface area contributed by atoms with E-state index < -0.39 is 0 Å². The third kappa shape index (κ3) is 5.80. The van der Waals surface area contributed by atoms with Crippen LogP contribution in [-0.4, -0.2) is 18.0 Å². The van der Waals surface area contributed by atoms with Crippen LogP contribution >= 0.6 is 0 Å². The van der Waals surface area contributed by atoms with Crippen molar-refractivity contribution in [2.45, 2.75) is 32.0 Å². The zero-order chi connectivity index (χ0) is 19.6. The van der Waals surface area contributed by atoms with Crippen molar-refractivity contribution < 1.29 is 9.53 Å². The van der Waals surface area contributed by atoms with E-state index in [4.69, 9.17) is 4.74 Å². The summed E-state index contributed by atoms with van der Waals surface area (Å²) < 4.78 is 4.90. The lowest BCUT2D eigenvalue weighted by Crippen LogP contribution is -2.29. The highest BCUT2D eigenvalue weighted by Gasteiger charge is 2.22. The van der Waals surface area contributed by atoms with Gasteiger partial charge in [-0.1, -0.05) is 91.0 Å². The van der Waals surface area contributed by atoms with Crippen LogP contribution in [0.15, 0.2) is 91.0 Å². The van der Waals surface area contributed by atoms with E-state index in [1.54, 1.807) is 0 Å². The van der Waals surface area contributed by atoms with Gasteiger partial charge in [-0.25, -0.2) is 0 Å². The van der Waals surface area contributed by atoms with E-state index in [1.165, 1.54) is 23.8 Å². The molecule has 144 valence electrons. The molecule has 0 aromatic heterocycles. The molecule has 0 fully saturated rings. The maximum absolute atomic E-state index is 11.8. The molecule has 0 N–H and O–H groups in total. The summed E-state index contributed by atoms with van der Waals surface area (Å²) in [5, 5.41) is 0. The standard InChI is InChI=1S/C25H27NO2/c1-28-25(27)18-17-24(23-15-9-4-10-16-23)26(19-21-11-5-2-6-12-21)20-22-13-7-3-8-14-22/h2-16,24H,17-20H2,1H3/t24-/m0/s1. The molecule has 0 aliphatic carbocycles. The molecule has 0 radical (unpaired) electrons. The fourth-order valence-electron chi connectivity index (χ4n) is 3.50. The molecule has 28 heavy (non-hydrogen) atoms. The zero-order valence-electron chi connectivity index (χ0n) is 16.3. The first-order valence-corrected chi connectivity index (χ1v) is 9.70. The highest BCUT2D eigenvalue weighted by molar-refractivity contribution is 5.69. The Kier molecular flexibility index (Phi) is 7.39. The smallest absolute Gasteiger partial charge is 0.305 e. The van der Waals surface area contributed by atoms with Crippen LogP contribution in [-0.2, 0) is 22.6 Å². The second kappa shape index (κ2) is 10.4. The number of rotatable bonds is 9. The van der Waals surface area contributed by atoms with Crippen LogP contribution in [0.3, 0.4) is 0 Å². The maximum Gasteiger partial charge on any atom is 0.305 e. The fraction of sp³-hybridized carbons (Fsp3) is 0.240. The van der Waals surface area contributed by atoms with E-state index in [-0.39, 0.29) is 12.0 Å². The zero-order valence-corrected chi connectivity index (χ0v) is 16.3. The van der Waals surface area contributed by atoms with Gasteiger partial charge in [-0.05, 0) is 23.1 Å². The van der Waals surface area contributed by atoms with Gasteiger partial charge in [-0.3, -0.25) is 9.69 Å². The first-order chi connectivity index (χ1) is 13.8. The van der Waals surface area contributed by atoms with Crippen LogP contribution in [0.2, 0.25) is 0 Å². The van der Waals surface area contributed by atoms with Crippen LogP contribution in [0.25, 0.3) is 0 Å². The van der Waals surface area contributed by atoms with Gasteiger partial charge >= 0.3 is 5.97 Å². The molecule has 3 aromatic carbocycles. The Morgan fingerprint density at radius 3 is 1.71 bits per heavy atom. The normalized spacial score (nSPS) is 11.9. The lowest BCUT2D eigenvalue weighted by molar-refractivity contribution is -0.141. The Morgan fingerprint density at radius 1 is 0.786 bits per heavy atom. The summed E-state index contributed by atoms with van der Waals surface area (Å²) in [4.78, 5) is 14.3. The SMILES string of the molecule is COC(=O)CC[C@@H](c1ccccc1)N(Cc1ccccc1)Cc1ccccc1. The largest absolute Gasteiger partial charge is 0.469 e. The number of carbonyl (C=O) groups excluding carboxylic acids is 1. The van der Waals surface area contributed by atoms with Crippen LogP contribution in [0.4, 0.5) is 0 Å². The minimum absolute atomic E-state index is 0.126. The van der Waals surface area contributed by atoms with Gasteiger partial charge in [0.15, 0.2) is 0 Å². The molecular formula is C25H27NO2. The molecule has 0 spiro atoms. The van der Waals surface area contributed by atoms with Crippen molar-refractivity contribution >= 4 is 5.97 Å². The van der Waals surface area contributed by atoms with Gasteiger partial charge in [0.25, 0.3) is 0 Å². The molecule has 3 heteroatoms. The molecule has 1 atom stereocenters. The van der Waals surface area contributed by atoms with Crippen LogP contribution in [0.5, 0.6) is 0 Å². The summed E-state index contributed by atoms with van der Waals surface area (Å²) in [6.07, 6.45) is 1.12. The number of esters is 1. The molecule has 0 bridgehead atoms. The molecule has 0 heterocycles. The third-order valence-corrected chi connectivity index (χ3v) is 4.93. The summed E-state index contributed by atoms with van der Waals surface area (Å²) >= 11 is 0. The molecular weight excluding hydrogens is 346 g/mol. The van der Waals surface area contributed by atoms with Crippen LogP contribution < -0.4 is 0 Å². The van der Waals surface area contributed by atoms with Crippen molar-refractivity contribution in [3.63, 3.8) is 0 Å². The second-order valence-corrected chi connectivity index (χ2v) is 6.92. The summed E-state index contributed by atoms with van der Waals surface area (Å²) in [6.45, 7) is 1.63. The lowest BCUT2D eigenvalue weighted by Gasteiger charge is -2.32. The average molecular weight is 373 g/mol. The Bertz CT molecular complexity index is 793. The first-order valence-electron chi connectivity index (χ1n) is 9.70. The minimum atomic E-state index is -0.166. The van der Waals surface area contributed by atoms with Crippen molar-refractivity contribution in [3.05, 3.63) is 108 Å². The van der Waals surface area contributed by atoms with Crippen molar-refractivity contribution in [1.82, 2.24) is 4.90 Å². The van der Waals surface area contributed by atoms with Crippen LogP contribution in [0.1, 0.15) is 35.6 Å². The summed E-state index contributed by atoms with van der Waals surface area (Å²) in [5.74, 6) is -0.166. The third-order valence-electron chi connectivity index (χ3n) is 4.93. The molecule has 3 nitrogen and oxygen atoms in total. The first kappa shape index (κ1) is 19.8. The number of nitrogens with zero attached hydrogens (tertiary/aromatic N) is 1. The van der Waals surface area contributed by atoms with Crippen molar-refractivity contribution in [2.75, 3.05) is 7.11 Å². The van der Waals surface area contributed by atoms with Crippen LogP contribution in [0, 0.1) is 0 Å². The van der Waals surface area contributed by atoms with Gasteiger partial charge < -0.3 is 4.74 Å². The highest BCUT2D eigenvalue weighted by Crippen LogP contribution is 2.29. The van der Waals surface area contributed by atoms with Gasteiger partial charge in [-0.2, -0.15) is 0 Å².